The van der Waals surface area contributed by atoms with Crippen molar-refractivity contribution in [2.24, 2.45) is 0 Å². The van der Waals surface area contributed by atoms with Crippen molar-refractivity contribution < 1.29 is 0 Å². The van der Waals surface area contributed by atoms with Crippen molar-refractivity contribution >= 4 is 17.5 Å². The summed E-state index contributed by atoms with van der Waals surface area (Å²) in [5.74, 6) is 1.37. The van der Waals surface area contributed by atoms with Crippen LogP contribution in [0.4, 0.5) is 17.5 Å². The van der Waals surface area contributed by atoms with Gasteiger partial charge in [-0.1, -0.05) is 6.07 Å². The number of benzene rings is 1. The first-order valence-electron chi connectivity index (χ1n) is 8.37. The highest BCUT2D eigenvalue weighted by atomic mass is 15.2. The van der Waals surface area contributed by atoms with E-state index in [0.717, 1.165) is 30.2 Å². The summed E-state index contributed by atoms with van der Waals surface area (Å²) >= 11 is 0. The van der Waals surface area contributed by atoms with E-state index in [-0.39, 0.29) is 0 Å². The highest BCUT2D eigenvalue weighted by Gasteiger charge is 2.08. The zero-order valence-corrected chi connectivity index (χ0v) is 14.8. The predicted octanol–water partition coefficient (Wildman–Crippen LogP) is 3.47. The van der Waals surface area contributed by atoms with Crippen LogP contribution in [0.25, 0.3) is 0 Å². The number of aromatic nitrogens is 3. The molecule has 26 heavy (non-hydrogen) atoms. The number of hydrogen-bond donors (Lipinski definition) is 1. The van der Waals surface area contributed by atoms with Crippen molar-refractivity contribution in [1.82, 2.24) is 15.0 Å². The Morgan fingerprint density at radius 3 is 2.69 bits per heavy atom. The lowest BCUT2D eigenvalue weighted by Gasteiger charge is -2.19. The molecule has 0 aliphatic carbocycles. The van der Waals surface area contributed by atoms with Gasteiger partial charge in [0.1, 0.15) is 5.82 Å². The third kappa shape index (κ3) is 4.54. The van der Waals surface area contributed by atoms with Crippen LogP contribution >= 0.6 is 0 Å². The molecule has 3 aromatic rings. The summed E-state index contributed by atoms with van der Waals surface area (Å²) in [6, 6.07) is 15.4. The number of aryl methyl sites for hydroxylation is 1. The molecule has 130 valence electrons. The second kappa shape index (κ2) is 8.08. The summed E-state index contributed by atoms with van der Waals surface area (Å²) in [5.41, 5.74) is 3.51. The van der Waals surface area contributed by atoms with Gasteiger partial charge < -0.3 is 10.2 Å². The first-order chi connectivity index (χ1) is 12.6. The molecule has 0 aliphatic rings. The highest BCUT2D eigenvalue weighted by Crippen LogP contribution is 2.18. The molecule has 1 aromatic carbocycles. The Bertz CT molecular complexity index is 917. The number of anilines is 3. The number of likely N-dealkylation sites (N-methyl/N-ethyl adjacent to an activating group) is 1. The number of nitrogens with zero attached hydrogens (tertiary/aromatic N) is 5. The second-order valence-electron chi connectivity index (χ2n) is 6.04. The Balaban J connectivity index is 1.73. The van der Waals surface area contributed by atoms with Gasteiger partial charge in [0.25, 0.3) is 0 Å². The van der Waals surface area contributed by atoms with E-state index in [9.17, 15) is 0 Å². The Hall–Kier alpha value is -3.46. The molecule has 0 bridgehead atoms. The van der Waals surface area contributed by atoms with Gasteiger partial charge in [-0.3, -0.25) is 4.98 Å². The molecular weight excluding hydrogens is 324 g/mol. The maximum atomic E-state index is 9.02. The normalized spacial score (nSPS) is 10.2. The maximum absolute atomic E-state index is 9.02. The van der Waals surface area contributed by atoms with Crippen LogP contribution in [0.2, 0.25) is 0 Å². The van der Waals surface area contributed by atoms with Crippen molar-refractivity contribution in [3.63, 3.8) is 0 Å². The fraction of sp³-hybridized carbons (Fsp3) is 0.200. The number of pyridine rings is 1. The molecule has 0 saturated carbocycles. The molecule has 0 unspecified atom stereocenters. The first-order valence-corrected chi connectivity index (χ1v) is 8.37. The molecule has 2 aromatic heterocycles. The molecule has 0 atom stereocenters. The van der Waals surface area contributed by atoms with E-state index < -0.39 is 0 Å². The molecule has 0 aliphatic heterocycles. The zero-order valence-electron chi connectivity index (χ0n) is 14.8. The van der Waals surface area contributed by atoms with Crippen molar-refractivity contribution in [3.05, 3.63) is 71.7 Å². The fourth-order valence-corrected chi connectivity index (χ4v) is 2.56. The minimum Gasteiger partial charge on any atom is -0.359 e. The van der Waals surface area contributed by atoms with Crippen molar-refractivity contribution in [2.75, 3.05) is 23.8 Å². The van der Waals surface area contributed by atoms with E-state index in [1.165, 1.54) is 5.56 Å². The van der Waals surface area contributed by atoms with Gasteiger partial charge >= 0.3 is 0 Å². The molecular formula is C20H20N6. The van der Waals surface area contributed by atoms with Gasteiger partial charge in [-0.2, -0.15) is 10.2 Å². The average Bonchev–Trinajstić information content (AvgIpc) is 2.66. The summed E-state index contributed by atoms with van der Waals surface area (Å²) in [4.78, 5) is 15.2. The van der Waals surface area contributed by atoms with E-state index in [0.29, 0.717) is 11.5 Å². The minimum atomic E-state index is 0.519. The second-order valence-corrected chi connectivity index (χ2v) is 6.04. The Morgan fingerprint density at radius 1 is 1.12 bits per heavy atom. The van der Waals surface area contributed by atoms with Gasteiger partial charge in [0, 0.05) is 43.4 Å². The third-order valence-electron chi connectivity index (χ3n) is 3.96. The molecule has 3 rings (SSSR count). The average molecular weight is 344 g/mol. The minimum absolute atomic E-state index is 0.519. The largest absolute Gasteiger partial charge is 0.359 e. The van der Waals surface area contributed by atoms with E-state index in [4.69, 9.17) is 5.26 Å². The predicted molar refractivity (Wildman–Crippen MR) is 102 cm³/mol. The summed E-state index contributed by atoms with van der Waals surface area (Å²) in [6.45, 7) is 2.78. The Labute approximate surface area is 153 Å². The van der Waals surface area contributed by atoms with Crippen molar-refractivity contribution in [2.45, 2.75) is 13.3 Å². The monoisotopic (exact) mass is 344 g/mol. The van der Waals surface area contributed by atoms with Gasteiger partial charge in [-0.15, -0.1) is 0 Å². The van der Waals surface area contributed by atoms with Crippen LogP contribution in [-0.2, 0) is 6.42 Å². The van der Waals surface area contributed by atoms with Gasteiger partial charge in [-0.25, -0.2) is 4.98 Å². The lowest BCUT2D eigenvalue weighted by molar-refractivity contribution is 0.853. The quantitative estimate of drug-likeness (QED) is 0.738. The number of nitrogens with one attached hydrogen (secondary N) is 1. The number of rotatable bonds is 6. The molecule has 0 saturated heterocycles. The van der Waals surface area contributed by atoms with Crippen LogP contribution in [0.5, 0.6) is 0 Å². The van der Waals surface area contributed by atoms with Gasteiger partial charge in [0.2, 0.25) is 5.95 Å². The van der Waals surface area contributed by atoms with Gasteiger partial charge in [0.15, 0.2) is 0 Å². The summed E-state index contributed by atoms with van der Waals surface area (Å²) < 4.78 is 0. The standard InChI is InChI=1S/C20H20N6/c1-15-12-19(26(2)11-8-16-6-9-22-10-7-16)25-20(23-15)24-18-5-3-4-17(13-18)14-21/h3-7,9-10,12-13H,8,11H2,1-2H3,(H,23,24,25). The third-order valence-corrected chi connectivity index (χ3v) is 3.96. The van der Waals surface area contributed by atoms with Crippen LogP contribution in [0, 0.1) is 18.3 Å². The molecule has 0 spiro atoms. The van der Waals surface area contributed by atoms with Gasteiger partial charge in [-0.05, 0) is 49.2 Å². The van der Waals surface area contributed by atoms with E-state index >= 15 is 0 Å². The summed E-state index contributed by atoms with van der Waals surface area (Å²) in [6.07, 6.45) is 4.53. The molecule has 0 amide bonds. The van der Waals surface area contributed by atoms with Crippen LogP contribution in [0.15, 0.2) is 54.9 Å². The Morgan fingerprint density at radius 2 is 1.92 bits per heavy atom. The molecule has 6 nitrogen and oxygen atoms in total. The van der Waals surface area contributed by atoms with Crippen LogP contribution in [0.3, 0.4) is 0 Å². The van der Waals surface area contributed by atoms with Gasteiger partial charge in [0.05, 0.1) is 11.6 Å². The topological polar surface area (TPSA) is 77.7 Å². The lowest BCUT2D eigenvalue weighted by Crippen LogP contribution is -2.22. The number of nitriles is 1. The summed E-state index contributed by atoms with van der Waals surface area (Å²) in [7, 11) is 2.02. The molecule has 6 heteroatoms. The molecule has 1 N–H and O–H groups in total. The molecule has 0 radical (unpaired) electrons. The first kappa shape index (κ1) is 17.4. The maximum Gasteiger partial charge on any atom is 0.229 e. The van der Waals surface area contributed by atoms with E-state index in [2.05, 4.69) is 31.2 Å². The fourth-order valence-electron chi connectivity index (χ4n) is 2.56. The highest BCUT2D eigenvalue weighted by molar-refractivity contribution is 5.58. The van der Waals surface area contributed by atoms with Crippen molar-refractivity contribution in [1.29, 1.82) is 5.26 Å². The van der Waals surface area contributed by atoms with E-state index in [1.54, 1.807) is 12.1 Å². The van der Waals surface area contributed by atoms with Crippen LogP contribution < -0.4 is 10.2 Å². The lowest BCUT2D eigenvalue weighted by atomic mass is 10.2. The SMILES string of the molecule is Cc1cc(N(C)CCc2ccncc2)nc(Nc2cccc(C#N)c2)n1. The molecule has 2 heterocycles. The smallest absolute Gasteiger partial charge is 0.229 e. The van der Waals surface area contributed by atoms with Crippen molar-refractivity contribution in [3.8, 4) is 6.07 Å². The zero-order chi connectivity index (χ0) is 18.4. The molecule has 0 fully saturated rings. The van der Waals surface area contributed by atoms with E-state index in [1.807, 2.05) is 56.7 Å². The number of hydrogen-bond acceptors (Lipinski definition) is 6. The Kier molecular flexibility index (Phi) is 5.40. The summed E-state index contributed by atoms with van der Waals surface area (Å²) in [5, 5.41) is 12.2. The van der Waals surface area contributed by atoms with Crippen LogP contribution in [-0.4, -0.2) is 28.5 Å². The van der Waals surface area contributed by atoms with Crippen LogP contribution in [0.1, 0.15) is 16.8 Å².